The van der Waals surface area contributed by atoms with Gasteiger partial charge < -0.3 is 153 Å². The van der Waals surface area contributed by atoms with Gasteiger partial charge in [0.25, 0.3) is 0 Å². The Morgan fingerprint density at radius 3 is 1.91 bits per heavy atom. The topological polar surface area (TPSA) is 606 Å². The normalized spacial score (nSPS) is 31.8. The number of likely N-dealkylation sites (N-methyl/N-ethyl adjacent to an activating group) is 1. The molecule has 0 saturated carbocycles. The van der Waals surface area contributed by atoms with Gasteiger partial charge in [-0.15, -0.1) is 0 Å². The number of carboxylic acid groups (broad SMARTS) is 1. The van der Waals surface area contributed by atoms with E-state index in [1.165, 1.54) is 33.0 Å². The van der Waals surface area contributed by atoms with Gasteiger partial charge in [-0.05, 0) is 110 Å². The summed E-state index contributed by atoms with van der Waals surface area (Å²) in [5.74, 6) is -16.8. The van der Waals surface area contributed by atoms with Gasteiger partial charge in [-0.3, -0.25) is 33.6 Å². The van der Waals surface area contributed by atoms with Gasteiger partial charge in [-0.1, -0.05) is 55.2 Å². The third-order valence-corrected chi connectivity index (χ3v) is 20.4. The molecule has 8 heterocycles. The van der Waals surface area contributed by atoms with E-state index in [1.807, 2.05) is 0 Å². The van der Waals surface area contributed by atoms with Crippen LogP contribution in [0.5, 0.6) is 46.0 Å². The molecule has 8 aliphatic heterocycles. The molecule has 5 aromatic carbocycles. The summed E-state index contributed by atoms with van der Waals surface area (Å²) in [6, 6.07) is -1.23. The van der Waals surface area contributed by atoms with Crippen LogP contribution in [0.15, 0.2) is 78.9 Å². The molecule has 13 rings (SSSR count). The van der Waals surface area contributed by atoms with Gasteiger partial charge in [0.05, 0.1) is 41.3 Å². The maximum absolute atomic E-state index is 16.3. The van der Waals surface area contributed by atoms with Crippen LogP contribution in [0.4, 0.5) is 0 Å². The van der Waals surface area contributed by atoms with Crippen molar-refractivity contribution in [3.8, 4) is 57.1 Å². The summed E-state index contributed by atoms with van der Waals surface area (Å²) in [6.07, 6.45) is -30.2. The van der Waals surface area contributed by atoms with Gasteiger partial charge >= 0.3 is 5.97 Å². The summed E-state index contributed by atoms with van der Waals surface area (Å²) < 4.78 is 49.7. The predicted molar refractivity (Wildman–Crippen MR) is 381 cm³/mol. The number of phenols is 3. The molecule has 8 aliphatic rings. The van der Waals surface area contributed by atoms with E-state index in [2.05, 4.69) is 37.2 Å². The summed E-state index contributed by atoms with van der Waals surface area (Å²) in [4.78, 5) is 131. The fourth-order valence-electron chi connectivity index (χ4n) is 13.9. The standard InChI is InChI=1S/C72H83Cl2N9O29/c1-24(2)12-35(77-5)63(97)82-51-53(90)27-7-10-39(33(73)14-27)106-41-16-29-17-42(60(41)111-71-58(95)56(93)61(44(23-85)109-71)112-70-57(94)55(92)54(91)43(22-84)108-70)107-40-11-8-28(15-34(40)74)59(110-46-21-72(4,76)62(96)25(3)105-46)52-68(102)81-50(69(103)104)32-18-30(86)19-38(88)47(32)31-13-26(6-9-37(31)87)48(65(99)83-52)80-66(100)49(29)79-64(98)36(20-45(75)89)78-67(51)101/h6-11,13-19,22,24-25,35-36,43-44,46,48-59,61-62,70-71,77,85-88,90-96H,12,20-21,23,76H2,1-5H3,(H2,75,89)(H,78,101)(H,79,98)(H,80,100)(H,81,102)(H,82,97)(H,83,99)(H,103,104)/t25-,35+,36-,43+,44+,46?,48+,49+,50+,51+,52-,53+,54-,55-,56+,57+,58+,59+,61+,62-,70-,71-,72-/m0/s1. The minimum atomic E-state index is -2.43. The van der Waals surface area contributed by atoms with Crippen molar-refractivity contribution in [1.82, 2.24) is 37.2 Å². The first kappa shape index (κ1) is 83.3. The Balaban J connectivity index is 1.16. The monoisotopic (exact) mass is 1610 g/mol. The number of halogens is 2. The third kappa shape index (κ3) is 17.4. The molecule has 112 heavy (non-hydrogen) atoms. The molecule has 3 saturated heterocycles. The zero-order chi connectivity index (χ0) is 81.5. The maximum Gasteiger partial charge on any atom is 0.330 e. The molecule has 23 atom stereocenters. The van der Waals surface area contributed by atoms with Crippen LogP contribution in [-0.4, -0.2) is 238 Å². The highest BCUT2D eigenvalue weighted by Crippen LogP contribution is 2.50. The molecular formula is C72H83Cl2N9O29. The lowest BCUT2D eigenvalue weighted by Crippen LogP contribution is -2.65. The van der Waals surface area contributed by atoms with Gasteiger partial charge in [0.15, 0.2) is 36.4 Å². The van der Waals surface area contributed by atoms with Crippen LogP contribution >= 0.6 is 23.2 Å². The first-order valence-electron chi connectivity index (χ1n) is 35.0. The molecule has 0 aliphatic carbocycles. The number of nitrogens with one attached hydrogen (secondary N) is 7. The summed E-state index contributed by atoms with van der Waals surface area (Å²) in [5, 5.41) is 153. The fraction of sp³-hybridized carbons (Fsp3) is 0.458. The number of phenolic OH excluding ortho intramolecular Hbond substituents is 3. The largest absolute Gasteiger partial charge is 0.508 e. The molecule has 7 amide bonds. The lowest BCUT2D eigenvalue weighted by Gasteiger charge is -2.45. The number of nitrogens with two attached hydrogens (primary N) is 2. The van der Waals surface area contributed by atoms with E-state index in [1.54, 1.807) is 13.8 Å². The van der Waals surface area contributed by atoms with Crippen LogP contribution in [0.3, 0.4) is 0 Å². The number of amides is 7. The predicted octanol–water partition coefficient (Wildman–Crippen LogP) is -1.86. The Labute approximate surface area is 645 Å². The number of hydrogen-bond acceptors (Lipinski definition) is 30. The summed E-state index contributed by atoms with van der Waals surface area (Å²) >= 11 is 14.3. The second-order valence-electron chi connectivity index (χ2n) is 28.4. The van der Waals surface area contributed by atoms with Crippen LogP contribution < -0.4 is 62.9 Å². The molecule has 3 fully saturated rings. The molecule has 1 unspecified atom stereocenters. The summed E-state index contributed by atoms with van der Waals surface area (Å²) in [7, 11) is 1.45. The van der Waals surface area contributed by atoms with Crippen molar-refractivity contribution in [3.63, 3.8) is 0 Å². The average molecular weight is 1610 g/mol. The van der Waals surface area contributed by atoms with E-state index in [-0.39, 0.29) is 36.2 Å². The van der Waals surface area contributed by atoms with Gasteiger partial charge in [0.2, 0.25) is 53.4 Å². The number of carboxylic acids is 1. The molecule has 11 bridgehead atoms. The molecule has 0 spiro atoms. The molecule has 0 aromatic heterocycles. The minimum absolute atomic E-state index is 0.0800. The van der Waals surface area contributed by atoms with Crippen LogP contribution in [-0.2, 0) is 66.8 Å². The fourth-order valence-corrected chi connectivity index (χ4v) is 14.4. The first-order valence-corrected chi connectivity index (χ1v) is 35.7. The molecule has 38 nitrogen and oxygen atoms in total. The van der Waals surface area contributed by atoms with Crippen LogP contribution in [0.2, 0.25) is 10.0 Å². The highest BCUT2D eigenvalue weighted by Gasteiger charge is 2.53. The van der Waals surface area contributed by atoms with Crippen molar-refractivity contribution in [3.05, 3.63) is 117 Å². The van der Waals surface area contributed by atoms with Crippen molar-refractivity contribution in [1.29, 1.82) is 0 Å². The first-order chi connectivity index (χ1) is 52.9. The zero-order valence-electron chi connectivity index (χ0n) is 59.9. The van der Waals surface area contributed by atoms with E-state index >= 15 is 19.2 Å². The molecule has 5 aromatic rings. The number of aliphatic hydroxyl groups is 8. The van der Waals surface area contributed by atoms with E-state index < -0.39 is 284 Å². The van der Waals surface area contributed by atoms with Gasteiger partial charge in [0, 0.05) is 34.7 Å². The molecule has 604 valence electrons. The lowest BCUT2D eigenvalue weighted by molar-refractivity contribution is -0.346. The highest BCUT2D eigenvalue weighted by atomic mass is 35.5. The molecule has 23 N–H and O–H groups in total. The number of aldehydes is 1. The number of aliphatic hydroxyl groups excluding tert-OH is 8. The Hall–Kier alpha value is -9.69. The van der Waals surface area contributed by atoms with Crippen molar-refractivity contribution in [2.24, 2.45) is 17.4 Å². The SMILES string of the molecule is CN[C@H](CC(C)C)C(=O)N[C@H]1C(=O)N[C@@H](CC(N)=O)C(=O)N[C@H]2C(=O)N[C@H]3C(=O)N[C@H](C(=O)N[C@@H](C(=O)O)c4cc(O)cc(O)c4-c4cc3ccc4O)[C@H](OC3C[C@](C)(N)[C@@H](O)[C@H](C)O3)c3ccc(c(Cl)c3)Oc3cc2cc(c3O[C@@H]2O[C@H](CO)[C@@H](O[C@@H]3O[C@H](C=O)[C@H](O)[C@H](O)[C@H]3O)[C@H](O)[C@H]2O)Oc2ccc(cc2Cl)[C@H]1O. The highest BCUT2D eigenvalue weighted by molar-refractivity contribution is 6.32. The number of hydrogen-bond donors (Lipinski definition) is 21. The van der Waals surface area contributed by atoms with Gasteiger partial charge in [-0.25, -0.2) is 4.79 Å². The molecule has 0 radical (unpaired) electrons. The number of fused-ring (bicyclic) bond motifs is 15. The second-order valence-corrected chi connectivity index (χ2v) is 29.2. The Morgan fingerprint density at radius 2 is 1.30 bits per heavy atom. The number of aliphatic carboxylic acids is 1. The zero-order valence-corrected chi connectivity index (χ0v) is 61.4. The van der Waals surface area contributed by atoms with Gasteiger partial charge in [0.1, 0.15) is 120 Å². The number of rotatable bonds is 16. The Bertz CT molecular complexity index is 4460. The Morgan fingerprint density at radius 1 is 0.688 bits per heavy atom. The minimum Gasteiger partial charge on any atom is -0.508 e. The van der Waals surface area contributed by atoms with Crippen LogP contribution in [0.1, 0.15) is 105 Å². The van der Waals surface area contributed by atoms with Gasteiger partial charge in [-0.2, -0.15) is 0 Å². The number of primary amides is 1. The van der Waals surface area contributed by atoms with E-state index in [0.717, 1.165) is 66.7 Å². The van der Waals surface area contributed by atoms with Crippen molar-refractivity contribution in [2.75, 3.05) is 13.7 Å². The third-order valence-electron chi connectivity index (χ3n) is 19.8. The van der Waals surface area contributed by atoms with Crippen molar-refractivity contribution < 1.29 is 142 Å². The number of ether oxygens (including phenoxy) is 8. The molecular weight excluding hydrogens is 1530 g/mol. The Kier molecular flexibility index (Phi) is 25.2. The number of carbonyl (C=O) groups is 9. The van der Waals surface area contributed by atoms with Crippen LogP contribution in [0, 0.1) is 5.92 Å². The summed E-state index contributed by atoms with van der Waals surface area (Å²) in [6.45, 7) is 5.35. The maximum atomic E-state index is 16.3. The van der Waals surface area contributed by atoms with E-state index in [9.17, 15) is 85.3 Å². The number of carbonyl (C=O) groups excluding carboxylic acids is 8. The lowest BCUT2D eigenvalue weighted by atomic mass is 9.86. The van der Waals surface area contributed by atoms with Crippen molar-refractivity contribution >= 4 is 76.8 Å². The van der Waals surface area contributed by atoms with E-state index in [4.69, 9.17) is 72.6 Å². The van der Waals surface area contributed by atoms with E-state index in [0.29, 0.717) is 0 Å². The number of aromatic hydroxyl groups is 3. The molecule has 40 heteroatoms. The second kappa shape index (κ2) is 33.9. The smallest absolute Gasteiger partial charge is 0.330 e. The average Bonchev–Trinajstić information content (AvgIpc) is 0.765. The van der Waals surface area contributed by atoms with Crippen molar-refractivity contribution in [2.45, 2.75) is 187 Å². The summed E-state index contributed by atoms with van der Waals surface area (Å²) in [5.41, 5.74) is 7.86. The number of benzene rings is 5. The quantitative estimate of drug-likeness (QED) is 0.0482. The van der Waals surface area contributed by atoms with Crippen LogP contribution in [0.25, 0.3) is 11.1 Å².